The van der Waals surface area contributed by atoms with Gasteiger partial charge in [0.2, 0.25) is 0 Å². The van der Waals surface area contributed by atoms with Gasteiger partial charge in [-0.25, -0.2) is 10.8 Å². The molecule has 2 rings (SSSR count). The number of fused-ring (bicyclic) bond motifs is 1. The van der Waals surface area contributed by atoms with Crippen LogP contribution < -0.4 is 20.7 Å². The van der Waals surface area contributed by atoms with Crippen LogP contribution in [0.1, 0.15) is 9.80 Å². The Morgan fingerprint density at radius 2 is 2.00 bits per heavy atom. The lowest BCUT2D eigenvalue weighted by molar-refractivity contribution is 0.0953. The number of thiazole rings is 1. The summed E-state index contributed by atoms with van der Waals surface area (Å²) in [7, 11) is 3.10. The van der Waals surface area contributed by atoms with Gasteiger partial charge in [-0.3, -0.25) is 10.2 Å². The van der Waals surface area contributed by atoms with Crippen LogP contribution in [-0.4, -0.2) is 25.1 Å². The maximum absolute atomic E-state index is 11.4. The molecule has 0 aliphatic heterocycles. The Bertz CT molecular complexity index is 526. The number of amides is 1. The highest BCUT2D eigenvalue weighted by atomic mass is 32.1. The van der Waals surface area contributed by atoms with Crippen LogP contribution in [0.4, 0.5) is 0 Å². The molecule has 0 aliphatic carbocycles. The Labute approximate surface area is 101 Å². The highest BCUT2D eigenvalue weighted by Crippen LogP contribution is 2.36. The number of benzene rings is 1. The number of nitrogens with two attached hydrogens (primary N) is 1. The van der Waals surface area contributed by atoms with Crippen LogP contribution in [-0.2, 0) is 0 Å². The number of hydrogen-bond donors (Lipinski definition) is 2. The van der Waals surface area contributed by atoms with E-state index in [1.54, 1.807) is 26.4 Å². The van der Waals surface area contributed by atoms with E-state index < -0.39 is 5.91 Å². The average Bonchev–Trinajstić information content (AvgIpc) is 2.81. The first-order chi connectivity index (χ1) is 8.21. The minimum absolute atomic E-state index is 0.269. The lowest BCUT2D eigenvalue weighted by Crippen LogP contribution is -2.29. The van der Waals surface area contributed by atoms with Crippen LogP contribution in [0, 0.1) is 0 Å². The smallest absolute Gasteiger partial charge is 0.294 e. The number of ether oxygens (including phenoxy) is 2. The Balaban J connectivity index is 2.68. The Hall–Kier alpha value is -1.86. The first kappa shape index (κ1) is 11.6. The zero-order valence-corrected chi connectivity index (χ0v) is 10.1. The highest BCUT2D eigenvalue weighted by molar-refractivity contribution is 7.20. The fraction of sp³-hybridized carbons (Fsp3) is 0.200. The summed E-state index contributed by atoms with van der Waals surface area (Å²) < 4.78 is 11.1. The van der Waals surface area contributed by atoms with Gasteiger partial charge < -0.3 is 9.47 Å². The number of hydrogen-bond acceptors (Lipinski definition) is 6. The quantitative estimate of drug-likeness (QED) is 0.482. The van der Waals surface area contributed by atoms with E-state index in [0.717, 1.165) is 4.70 Å². The maximum Gasteiger partial charge on any atom is 0.294 e. The summed E-state index contributed by atoms with van der Waals surface area (Å²) in [5, 5.41) is 0.269. The van der Waals surface area contributed by atoms with Crippen molar-refractivity contribution >= 4 is 27.5 Å². The second-order valence-corrected chi connectivity index (χ2v) is 4.14. The van der Waals surface area contributed by atoms with E-state index in [9.17, 15) is 4.79 Å². The second-order valence-electron chi connectivity index (χ2n) is 3.14. The molecule has 0 bridgehead atoms. The van der Waals surface area contributed by atoms with E-state index >= 15 is 0 Å². The maximum atomic E-state index is 11.4. The highest BCUT2D eigenvalue weighted by Gasteiger charge is 2.17. The van der Waals surface area contributed by atoms with Gasteiger partial charge >= 0.3 is 0 Å². The molecule has 7 heteroatoms. The Morgan fingerprint density at radius 3 is 2.59 bits per heavy atom. The fourth-order valence-corrected chi connectivity index (χ4v) is 2.42. The molecule has 2 aromatic rings. The number of carbonyl (C=O) groups is 1. The Morgan fingerprint density at radius 1 is 1.35 bits per heavy atom. The monoisotopic (exact) mass is 253 g/mol. The molecular weight excluding hydrogens is 242 g/mol. The first-order valence-corrected chi connectivity index (χ1v) is 5.55. The second kappa shape index (κ2) is 4.56. The lowest BCUT2D eigenvalue weighted by atomic mass is 10.3. The molecule has 3 N–H and O–H groups in total. The van der Waals surface area contributed by atoms with Gasteiger partial charge in [0.25, 0.3) is 5.91 Å². The van der Waals surface area contributed by atoms with E-state index in [2.05, 4.69) is 4.98 Å². The number of aromatic nitrogens is 1. The van der Waals surface area contributed by atoms with Crippen molar-refractivity contribution in [3.63, 3.8) is 0 Å². The predicted molar refractivity (Wildman–Crippen MR) is 64.4 cm³/mol. The summed E-state index contributed by atoms with van der Waals surface area (Å²) in [4.78, 5) is 15.6. The number of methoxy groups -OCH3 is 2. The van der Waals surface area contributed by atoms with Gasteiger partial charge in [-0.15, -0.1) is 11.3 Å². The largest absolute Gasteiger partial charge is 0.495 e. The van der Waals surface area contributed by atoms with Crippen LogP contribution in [0.3, 0.4) is 0 Å². The molecule has 6 nitrogen and oxygen atoms in total. The van der Waals surface area contributed by atoms with Crippen molar-refractivity contribution in [2.45, 2.75) is 0 Å². The average molecular weight is 253 g/mol. The van der Waals surface area contributed by atoms with Crippen molar-refractivity contribution in [2.24, 2.45) is 5.84 Å². The van der Waals surface area contributed by atoms with Gasteiger partial charge in [0.15, 0.2) is 5.01 Å². The SMILES string of the molecule is COc1ccc(OC)c2sc(C(=O)NN)nc12. The lowest BCUT2D eigenvalue weighted by Gasteiger charge is -2.03. The van der Waals surface area contributed by atoms with Crippen molar-refractivity contribution in [3.8, 4) is 11.5 Å². The third kappa shape index (κ3) is 1.90. The zero-order valence-electron chi connectivity index (χ0n) is 9.31. The molecule has 0 unspecified atom stereocenters. The van der Waals surface area contributed by atoms with E-state index in [4.69, 9.17) is 15.3 Å². The van der Waals surface area contributed by atoms with Crippen molar-refractivity contribution < 1.29 is 14.3 Å². The molecule has 0 aliphatic rings. The molecule has 0 fully saturated rings. The molecule has 0 saturated heterocycles. The van der Waals surface area contributed by atoms with Gasteiger partial charge in [-0.05, 0) is 12.1 Å². The van der Waals surface area contributed by atoms with Crippen molar-refractivity contribution in [2.75, 3.05) is 14.2 Å². The molecule has 1 amide bonds. The number of rotatable bonds is 3. The van der Waals surface area contributed by atoms with Gasteiger partial charge in [0.1, 0.15) is 21.7 Å². The molecule has 0 saturated carbocycles. The van der Waals surface area contributed by atoms with Gasteiger partial charge in [0, 0.05) is 0 Å². The summed E-state index contributed by atoms with van der Waals surface area (Å²) in [5.74, 6) is 5.88. The number of nitrogen functional groups attached to an aromatic ring is 1. The van der Waals surface area contributed by atoms with E-state index in [1.165, 1.54) is 11.3 Å². The molecular formula is C10H11N3O3S. The minimum Gasteiger partial charge on any atom is -0.495 e. The van der Waals surface area contributed by atoms with Crippen LogP contribution in [0.25, 0.3) is 10.2 Å². The van der Waals surface area contributed by atoms with Crippen molar-refractivity contribution in [3.05, 3.63) is 17.1 Å². The predicted octanol–water partition coefficient (Wildman–Crippen LogP) is 0.917. The van der Waals surface area contributed by atoms with Gasteiger partial charge in [-0.2, -0.15) is 0 Å². The van der Waals surface area contributed by atoms with Crippen LogP contribution in [0.15, 0.2) is 12.1 Å². The zero-order chi connectivity index (χ0) is 12.4. The third-order valence-corrected chi connectivity index (χ3v) is 3.30. The molecule has 0 atom stereocenters. The molecule has 17 heavy (non-hydrogen) atoms. The number of nitrogens with zero attached hydrogens (tertiary/aromatic N) is 1. The number of nitrogens with one attached hydrogen (secondary N) is 1. The first-order valence-electron chi connectivity index (χ1n) is 4.73. The summed E-state index contributed by atoms with van der Waals surface area (Å²) >= 11 is 1.20. The van der Waals surface area contributed by atoms with Crippen molar-refractivity contribution in [1.29, 1.82) is 0 Å². The molecule has 1 heterocycles. The molecule has 90 valence electrons. The summed E-state index contributed by atoms with van der Waals surface area (Å²) in [5.41, 5.74) is 2.64. The normalized spacial score (nSPS) is 10.3. The fourth-order valence-electron chi connectivity index (χ4n) is 1.44. The van der Waals surface area contributed by atoms with E-state index in [1.807, 2.05) is 5.43 Å². The standard InChI is InChI=1S/C10H11N3O3S/c1-15-5-3-4-6(16-2)8-7(5)12-10(17-8)9(14)13-11/h3-4H,11H2,1-2H3,(H,13,14). The molecule has 0 radical (unpaired) electrons. The van der Waals surface area contributed by atoms with Crippen LogP contribution in [0.5, 0.6) is 11.5 Å². The van der Waals surface area contributed by atoms with Crippen LogP contribution in [0.2, 0.25) is 0 Å². The topological polar surface area (TPSA) is 86.5 Å². The number of hydrazine groups is 1. The van der Waals surface area contributed by atoms with Gasteiger partial charge in [0.05, 0.1) is 14.2 Å². The third-order valence-electron chi connectivity index (χ3n) is 2.24. The van der Waals surface area contributed by atoms with Gasteiger partial charge in [-0.1, -0.05) is 0 Å². The number of carbonyl (C=O) groups excluding carboxylic acids is 1. The van der Waals surface area contributed by atoms with E-state index in [-0.39, 0.29) is 5.01 Å². The molecule has 1 aromatic heterocycles. The summed E-state index contributed by atoms with van der Waals surface area (Å²) in [6, 6.07) is 3.51. The summed E-state index contributed by atoms with van der Waals surface area (Å²) in [6.45, 7) is 0. The van der Waals surface area contributed by atoms with Crippen molar-refractivity contribution in [1.82, 2.24) is 10.4 Å². The Kier molecular flexibility index (Phi) is 3.12. The summed E-state index contributed by atoms with van der Waals surface area (Å²) in [6.07, 6.45) is 0. The molecule has 1 aromatic carbocycles. The molecule has 0 spiro atoms. The minimum atomic E-state index is -0.435. The van der Waals surface area contributed by atoms with Crippen LogP contribution >= 0.6 is 11.3 Å². The van der Waals surface area contributed by atoms with E-state index in [0.29, 0.717) is 17.0 Å².